The quantitative estimate of drug-likeness (QED) is 0.163. The average molecular weight is 1110 g/mol. The van der Waals surface area contributed by atoms with Crippen LogP contribution in [0.4, 0.5) is 56.9 Å². The van der Waals surface area contributed by atoms with Crippen molar-refractivity contribution in [3.05, 3.63) is 259 Å². The SMILES string of the molecule is CC1(C)c2ccccc2-c2cc3c4c(c21)Oc1cc2c5c6c(cc2c2c1[SiH]4c1c(cccc1N2c1ccccc1)N3c1ccccc1)Oc1c2c(cc3c1C(C)(C)c1ccccc1-3)N(c1ccccc1)C1=CC=CC(C1[SiH]26)N5c1ccccc1. The Hall–Kier alpha value is -9.61. The lowest BCUT2D eigenvalue weighted by atomic mass is 9.81. The van der Waals surface area contributed by atoms with Crippen LogP contribution in [0.25, 0.3) is 33.0 Å². The van der Waals surface area contributed by atoms with Crippen LogP contribution in [-0.4, -0.2) is 23.6 Å². The maximum atomic E-state index is 8.14. The van der Waals surface area contributed by atoms with E-state index < -0.39 is 17.6 Å². The normalized spacial score (nSPS) is 20.2. The molecule has 8 heteroatoms. The van der Waals surface area contributed by atoms with Gasteiger partial charge < -0.3 is 29.1 Å². The van der Waals surface area contributed by atoms with E-state index >= 15 is 0 Å². The first-order valence-electron chi connectivity index (χ1n) is 29.8. The maximum absolute atomic E-state index is 8.14. The van der Waals surface area contributed by atoms with Crippen molar-refractivity contribution in [3.63, 3.8) is 0 Å². The van der Waals surface area contributed by atoms with E-state index in [0.29, 0.717) is 0 Å². The van der Waals surface area contributed by atoms with Crippen LogP contribution < -0.4 is 55.0 Å². The molecule has 6 nitrogen and oxygen atoms in total. The van der Waals surface area contributed by atoms with E-state index in [1.807, 2.05) is 0 Å². The Labute approximate surface area is 491 Å². The summed E-state index contributed by atoms with van der Waals surface area (Å²) in [4.78, 5) is 10.5. The van der Waals surface area contributed by atoms with Crippen LogP contribution in [0.3, 0.4) is 0 Å². The molecule has 6 aliphatic heterocycles. The van der Waals surface area contributed by atoms with E-state index in [2.05, 4.69) is 278 Å². The monoisotopic (exact) mass is 1110 g/mol. The summed E-state index contributed by atoms with van der Waals surface area (Å²) in [5.74, 6) is 4.09. The molecular formula is C76H54N4O2Si2. The van der Waals surface area contributed by atoms with Crippen molar-refractivity contribution >= 4 is 111 Å². The van der Waals surface area contributed by atoms with E-state index in [4.69, 9.17) is 9.47 Å². The summed E-state index contributed by atoms with van der Waals surface area (Å²) in [7, 11) is -4.75. The second-order valence-corrected chi connectivity index (χ2v) is 30.8. The van der Waals surface area contributed by atoms with Gasteiger partial charge in [0.05, 0.1) is 23.1 Å². The van der Waals surface area contributed by atoms with Gasteiger partial charge in [-0.2, -0.15) is 0 Å². The highest BCUT2D eigenvalue weighted by Crippen LogP contribution is 2.63. The first kappa shape index (κ1) is 45.9. The van der Waals surface area contributed by atoms with Gasteiger partial charge in [0, 0.05) is 105 Å². The Morgan fingerprint density at radius 2 is 0.893 bits per heavy atom. The van der Waals surface area contributed by atoms with Crippen molar-refractivity contribution in [2.24, 2.45) is 0 Å². The Morgan fingerprint density at radius 3 is 1.50 bits per heavy atom. The number of hydrogen-bond acceptors (Lipinski definition) is 6. The number of ether oxygens (including phenoxy) is 2. The fourth-order valence-corrected chi connectivity index (χ4v) is 25.8. The lowest BCUT2D eigenvalue weighted by Crippen LogP contribution is -2.65. The van der Waals surface area contributed by atoms with Gasteiger partial charge in [0.1, 0.15) is 31.8 Å². The topological polar surface area (TPSA) is 31.4 Å². The highest BCUT2D eigenvalue weighted by Gasteiger charge is 2.58. The fourth-order valence-electron chi connectivity index (χ4n) is 17.6. The molecule has 11 aromatic carbocycles. The smallest absolute Gasteiger partial charge is 0.153 e. The summed E-state index contributed by atoms with van der Waals surface area (Å²) in [5, 5.41) is 9.31. The first-order chi connectivity index (χ1) is 41.3. The molecule has 84 heavy (non-hydrogen) atoms. The van der Waals surface area contributed by atoms with Crippen molar-refractivity contribution in [3.8, 4) is 45.3 Å². The van der Waals surface area contributed by atoms with Gasteiger partial charge in [0.25, 0.3) is 0 Å². The summed E-state index contributed by atoms with van der Waals surface area (Å²) in [5.41, 5.74) is 23.4. The van der Waals surface area contributed by atoms with Crippen molar-refractivity contribution < 1.29 is 9.47 Å². The summed E-state index contributed by atoms with van der Waals surface area (Å²) >= 11 is 0. The van der Waals surface area contributed by atoms with E-state index in [-0.39, 0.29) is 22.4 Å². The van der Waals surface area contributed by atoms with Crippen LogP contribution in [0, 0.1) is 0 Å². The molecule has 398 valence electrons. The number of anilines is 10. The Kier molecular flexibility index (Phi) is 8.60. The number of rotatable bonds is 4. The second-order valence-electron chi connectivity index (χ2n) is 25.4. The molecule has 9 aliphatic rings. The second kappa shape index (κ2) is 15.7. The number of para-hydroxylation sites is 4. The van der Waals surface area contributed by atoms with Gasteiger partial charge in [-0.3, -0.25) is 0 Å². The molecule has 0 N–H and O–H groups in total. The molecule has 0 saturated heterocycles. The minimum absolute atomic E-state index is 0.00292. The number of allylic oxidation sites excluding steroid dienone is 2. The van der Waals surface area contributed by atoms with Crippen molar-refractivity contribution in [1.82, 2.24) is 0 Å². The number of benzene rings is 11. The standard InChI is InChI=1S/C76H54N4O2Si2/c1-75(2)53-33-19-17-31-47(53)49-39-59-71-67(63(49)75)81-61-41-51-52(65-73(61)83(71)69-55(77(59)43-23-9-5-10-24-43)35-21-37-57(69)79(65)45-27-13-7-14-28-45)42-62-74-66(51)80(46-29-15-8-16-30-46)58-38-22-36-56-70(58)84(74)72-60(78(56)44-25-11-6-12-26-44)40-50-48-32-18-20-34-54(48)76(3,4)64(50)68(72)82-62/h5-42,57,69,83-84H,1-4H3. The summed E-state index contributed by atoms with van der Waals surface area (Å²) in [6.07, 6.45) is 7.31. The Morgan fingerprint density at radius 1 is 0.405 bits per heavy atom. The van der Waals surface area contributed by atoms with E-state index in [0.717, 1.165) is 34.4 Å². The molecule has 3 aliphatic carbocycles. The van der Waals surface area contributed by atoms with Gasteiger partial charge >= 0.3 is 0 Å². The van der Waals surface area contributed by atoms with Gasteiger partial charge in [-0.25, -0.2) is 0 Å². The molecule has 6 heterocycles. The molecule has 4 atom stereocenters. The highest BCUT2D eigenvalue weighted by atomic mass is 28.3. The predicted octanol–water partition coefficient (Wildman–Crippen LogP) is 15.3. The lowest BCUT2D eigenvalue weighted by Gasteiger charge is -2.55. The molecule has 0 radical (unpaired) electrons. The number of fused-ring (bicyclic) bond motifs is 11. The van der Waals surface area contributed by atoms with Gasteiger partial charge in [-0.15, -0.1) is 0 Å². The van der Waals surface area contributed by atoms with Crippen LogP contribution in [0.15, 0.2) is 236 Å². The van der Waals surface area contributed by atoms with Crippen molar-refractivity contribution in [2.75, 3.05) is 19.6 Å². The molecule has 0 fully saturated rings. The molecule has 0 bridgehead atoms. The third kappa shape index (κ3) is 5.44. The Bertz CT molecular complexity index is 4900. The molecule has 20 rings (SSSR count). The van der Waals surface area contributed by atoms with Crippen LogP contribution in [-0.2, 0) is 10.8 Å². The molecule has 0 aromatic heterocycles. The third-order valence-electron chi connectivity index (χ3n) is 20.7. The van der Waals surface area contributed by atoms with E-state index in [9.17, 15) is 0 Å². The molecular weight excluding hydrogens is 1060 g/mol. The highest BCUT2D eigenvalue weighted by molar-refractivity contribution is 7.02. The van der Waals surface area contributed by atoms with Crippen LogP contribution in [0.1, 0.15) is 49.9 Å². The third-order valence-corrected chi connectivity index (χ3v) is 28.0. The summed E-state index contributed by atoms with van der Waals surface area (Å²) < 4.78 is 16.3. The maximum Gasteiger partial charge on any atom is 0.153 e. The summed E-state index contributed by atoms with van der Waals surface area (Å²) in [6.45, 7) is 9.69. The first-order valence-corrected chi connectivity index (χ1v) is 33.4. The van der Waals surface area contributed by atoms with Gasteiger partial charge in [0.15, 0.2) is 8.80 Å². The molecule has 0 spiro atoms. The average Bonchev–Trinajstić information content (AvgIpc) is 0.956. The zero-order valence-corrected chi connectivity index (χ0v) is 49.2. The van der Waals surface area contributed by atoms with Gasteiger partial charge in [-0.1, -0.05) is 167 Å². The Balaban J connectivity index is 0.946. The van der Waals surface area contributed by atoms with Gasteiger partial charge in [-0.05, 0) is 130 Å². The number of nitrogens with zero attached hydrogens (tertiary/aromatic N) is 4. The molecule has 4 unspecified atom stereocenters. The number of hydrogen-bond donors (Lipinski definition) is 0. The van der Waals surface area contributed by atoms with Crippen molar-refractivity contribution in [1.29, 1.82) is 0 Å². The zero-order valence-electron chi connectivity index (χ0n) is 46.9. The van der Waals surface area contributed by atoms with Crippen molar-refractivity contribution in [2.45, 2.75) is 50.1 Å². The zero-order chi connectivity index (χ0) is 55.2. The minimum atomic E-state index is -2.43. The molecule has 0 saturated carbocycles. The van der Waals surface area contributed by atoms with Crippen LogP contribution in [0.2, 0.25) is 5.54 Å². The lowest BCUT2D eigenvalue weighted by molar-refractivity contribution is 0.467. The fraction of sp³-hybridized carbons (Fsp3) is 0.105. The van der Waals surface area contributed by atoms with Crippen LogP contribution in [0.5, 0.6) is 23.0 Å². The molecule has 11 aromatic rings. The van der Waals surface area contributed by atoms with Crippen LogP contribution >= 0.6 is 0 Å². The minimum Gasteiger partial charge on any atom is -0.457 e. The largest absolute Gasteiger partial charge is 0.457 e. The van der Waals surface area contributed by atoms with Gasteiger partial charge in [0.2, 0.25) is 0 Å². The predicted molar refractivity (Wildman–Crippen MR) is 349 cm³/mol. The van der Waals surface area contributed by atoms with E-state index in [1.165, 1.54) is 132 Å². The molecule has 0 amide bonds. The summed E-state index contributed by atoms with van der Waals surface area (Å²) in [6, 6.07) is 79.9. The van der Waals surface area contributed by atoms with E-state index in [1.54, 1.807) is 0 Å².